The molecule has 1 N–H and O–H groups in total. The molecule has 0 aliphatic rings. The molecule has 0 aliphatic heterocycles. The number of hydrogen-bond donors (Lipinski definition) is 1. The predicted molar refractivity (Wildman–Crippen MR) is 136 cm³/mol. The highest BCUT2D eigenvalue weighted by Gasteiger charge is 2.36. The summed E-state index contributed by atoms with van der Waals surface area (Å²) in [6, 6.07) is 9.55. The fraction of sp³-hybridized carbons (Fsp3) is 0.741. The van der Waals surface area contributed by atoms with Gasteiger partial charge in [-0.15, -0.1) is 0 Å². The van der Waals surface area contributed by atoms with Gasteiger partial charge in [-0.3, -0.25) is 0 Å². The van der Waals surface area contributed by atoms with Crippen LogP contribution in [0.25, 0.3) is 0 Å². The van der Waals surface area contributed by atoms with Gasteiger partial charge in [-0.1, -0.05) is 109 Å². The van der Waals surface area contributed by atoms with Gasteiger partial charge in [0.25, 0.3) is 0 Å². The van der Waals surface area contributed by atoms with Gasteiger partial charge >= 0.3 is 5.97 Å². The molecular formula is C27H48O4Si. The Balaban J connectivity index is 1.90. The zero-order chi connectivity index (χ0) is 23.9. The minimum absolute atomic E-state index is 0.223. The first kappa shape index (κ1) is 28.9. The van der Waals surface area contributed by atoms with Crippen LogP contribution in [0, 0.1) is 0 Å². The zero-order valence-electron chi connectivity index (χ0n) is 21.3. The molecular weight excluding hydrogens is 416 g/mol. The average Bonchev–Trinajstić information content (AvgIpc) is 2.75. The lowest BCUT2D eigenvalue weighted by Gasteiger charge is -2.36. The topological polar surface area (TPSA) is 55.8 Å². The molecule has 0 saturated heterocycles. The van der Waals surface area contributed by atoms with E-state index in [1.54, 1.807) is 0 Å². The highest BCUT2D eigenvalue weighted by atomic mass is 28.4. The number of esters is 1. The summed E-state index contributed by atoms with van der Waals surface area (Å²) < 4.78 is 11.4. The molecule has 5 heteroatoms. The predicted octanol–water partition coefficient (Wildman–Crippen LogP) is 7.40. The number of aliphatic hydroxyl groups excluding tert-OH is 1. The van der Waals surface area contributed by atoms with Crippen molar-refractivity contribution in [1.82, 2.24) is 0 Å². The molecule has 1 rings (SSSR count). The fourth-order valence-electron chi connectivity index (χ4n) is 3.34. The van der Waals surface area contributed by atoms with Crippen molar-refractivity contribution in [3.05, 3.63) is 35.9 Å². The fourth-order valence-corrected chi connectivity index (χ4v) is 4.43. The van der Waals surface area contributed by atoms with Crippen LogP contribution in [0.5, 0.6) is 0 Å². The zero-order valence-corrected chi connectivity index (χ0v) is 22.3. The second kappa shape index (κ2) is 15.6. The van der Waals surface area contributed by atoms with Crippen molar-refractivity contribution in [2.24, 2.45) is 0 Å². The third kappa shape index (κ3) is 12.8. The standard InChI is InChI=1S/C27H48O4Si/c1-27(2,3)32(4,5)31-22-18-13-11-9-7-6-8-10-12-17-21-25(28)26(29)30-23-24-19-15-14-16-20-24/h14-16,19-20,25,28H,6-13,17-18,21-23H2,1-5H3. The van der Waals surface area contributed by atoms with Gasteiger partial charge in [0.15, 0.2) is 14.4 Å². The van der Waals surface area contributed by atoms with E-state index in [9.17, 15) is 9.90 Å². The summed E-state index contributed by atoms with van der Waals surface area (Å²) >= 11 is 0. The summed E-state index contributed by atoms with van der Waals surface area (Å²) in [5.74, 6) is -0.511. The van der Waals surface area contributed by atoms with E-state index < -0.39 is 20.4 Å². The second-order valence-corrected chi connectivity index (χ2v) is 15.4. The highest BCUT2D eigenvalue weighted by Crippen LogP contribution is 2.36. The number of carbonyl (C=O) groups excluding carboxylic acids is 1. The van der Waals surface area contributed by atoms with E-state index in [0.29, 0.717) is 11.5 Å². The van der Waals surface area contributed by atoms with E-state index in [1.807, 2.05) is 30.3 Å². The third-order valence-corrected chi connectivity index (χ3v) is 11.2. The Bertz CT molecular complexity index is 610. The first-order chi connectivity index (χ1) is 15.1. The largest absolute Gasteiger partial charge is 0.459 e. The number of unbranched alkanes of at least 4 members (excludes halogenated alkanes) is 9. The Morgan fingerprint density at radius 1 is 0.875 bits per heavy atom. The molecule has 0 aliphatic carbocycles. The number of benzene rings is 1. The third-order valence-electron chi connectivity index (χ3n) is 6.64. The molecule has 0 radical (unpaired) electrons. The van der Waals surface area contributed by atoms with E-state index >= 15 is 0 Å². The monoisotopic (exact) mass is 464 g/mol. The Labute approximate surface area is 198 Å². The molecule has 0 fully saturated rings. The van der Waals surface area contributed by atoms with Gasteiger partial charge in [0, 0.05) is 6.61 Å². The molecule has 184 valence electrons. The van der Waals surface area contributed by atoms with Gasteiger partial charge in [0.05, 0.1) is 0 Å². The van der Waals surface area contributed by atoms with Crippen molar-refractivity contribution in [3.63, 3.8) is 0 Å². The van der Waals surface area contributed by atoms with Gasteiger partial charge in [0.1, 0.15) is 6.61 Å². The Hall–Kier alpha value is -1.17. The Morgan fingerprint density at radius 3 is 1.91 bits per heavy atom. The van der Waals surface area contributed by atoms with Crippen LogP contribution in [0.3, 0.4) is 0 Å². The average molecular weight is 465 g/mol. The summed E-state index contributed by atoms with van der Waals surface area (Å²) in [5, 5.41) is 10.3. The molecule has 1 aromatic rings. The number of aliphatic hydroxyl groups is 1. The minimum atomic E-state index is -1.58. The second-order valence-electron chi connectivity index (χ2n) is 10.5. The van der Waals surface area contributed by atoms with Crippen LogP contribution in [0.2, 0.25) is 18.1 Å². The number of hydrogen-bond acceptors (Lipinski definition) is 4. The molecule has 1 aromatic carbocycles. The first-order valence-corrected chi connectivity index (χ1v) is 15.6. The van der Waals surface area contributed by atoms with Gasteiger partial charge in [0.2, 0.25) is 0 Å². The lowest BCUT2D eigenvalue weighted by atomic mass is 10.0. The van der Waals surface area contributed by atoms with Crippen LogP contribution in [-0.4, -0.2) is 32.1 Å². The maximum Gasteiger partial charge on any atom is 0.335 e. The van der Waals surface area contributed by atoms with Crippen molar-refractivity contribution in [3.8, 4) is 0 Å². The van der Waals surface area contributed by atoms with E-state index in [1.165, 1.54) is 51.4 Å². The molecule has 0 amide bonds. The highest BCUT2D eigenvalue weighted by molar-refractivity contribution is 6.74. The van der Waals surface area contributed by atoms with E-state index in [4.69, 9.17) is 9.16 Å². The summed E-state index contributed by atoms with van der Waals surface area (Å²) in [7, 11) is -1.58. The summed E-state index contributed by atoms with van der Waals surface area (Å²) in [6.07, 6.45) is 11.5. The van der Waals surface area contributed by atoms with Crippen LogP contribution in [0.4, 0.5) is 0 Å². The van der Waals surface area contributed by atoms with Crippen LogP contribution < -0.4 is 0 Å². The molecule has 32 heavy (non-hydrogen) atoms. The molecule has 0 heterocycles. The quantitative estimate of drug-likeness (QED) is 0.148. The SMILES string of the molecule is CC(C)(C)[Si](C)(C)OCCCCCCCCCCCCC(O)C(=O)OCc1ccccc1. The van der Waals surface area contributed by atoms with Gasteiger partial charge in [-0.25, -0.2) is 4.79 Å². The normalized spacial score (nSPS) is 13.2. The van der Waals surface area contributed by atoms with Gasteiger partial charge in [-0.2, -0.15) is 0 Å². The van der Waals surface area contributed by atoms with Gasteiger partial charge in [-0.05, 0) is 36.5 Å². The van der Waals surface area contributed by atoms with E-state index in [2.05, 4.69) is 33.9 Å². The number of rotatable bonds is 17. The van der Waals surface area contributed by atoms with Crippen LogP contribution >= 0.6 is 0 Å². The van der Waals surface area contributed by atoms with Crippen molar-refractivity contribution >= 4 is 14.3 Å². The molecule has 1 unspecified atom stereocenters. The van der Waals surface area contributed by atoms with Crippen molar-refractivity contribution in [2.75, 3.05) is 6.61 Å². The van der Waals surface area contributed by atoms with Crippen molar-refractivity contribution in [2.45, 2.75) is 122 Å². The lowest BCUT2D eigenvalue weighted by molar-refractivity contribution is -0.155. The molecule has 0 bridgehead atoms. The van der Waals surface area contributed by atoms with Crippen molar-refractivity contribution < 1.29 is 19.1 Å². The lowest BCUT2D eigenvalue weighted by Crippen LogP contribution is -2.40. The number of carbonyl (C=O) groups is 1. The Kier molecular flexibility index (Phi) is 14.1. The maximum absolute atomic E-state index is 11.9. The molecule has 0 saturated carbocycles. The number of ether oxygens (including phenoxy) is 1. The first-order valence-electron chi connectivity index (χ1n) is 12.7. The minimum Gasteiger partial charge on any atom is -0.459 e. The molecule has 0 aromatic heterocycles. The summed E-state index contributed by atoms with van der Waals surface area (Å²) in [5.41, 5.74) is 0.938. The summed E-state index contributed by atoms with van der Waals surface area (Å²) in [4.78, 5) is 11.9. The van der Waals surface area contributed by atoms with Crippen LogP contribution in [-0.2, 0) is 20.6 Å². The molecule has 0 spiro atoms. The Morgan fingerprint density at radius 2 is 1.38 bits per heavy atom. The van der Waals surface area contributed by atoms with Crippen LogP contribution in [0.1, 0.15) is 97.0 Å². The van der Waals surface area contributed by atoms with Crippen molar-refractivity contribution in [1.29, 1.82) is 0 Å². The smallest absolute Gasteiger partial charge is 0.335 e. The van der Waals surface area contributed by atoms with Gasteiger partial charge < -0.3 is 14.3 Å². The molecule has 4 nitrogen and oxygen atoms in total. The summed E-state index contributed by atoms with van der Waals surface area (Å²) in [6.45, 7) is 12.7. The van der Waals surface area contributed by atoms with Crippen LogP contribution in [0.15, 0.2) is 30.3 Å². The van der Waals surface area contributed by atoms with E-state index in [0.717, 1.165) is 25.0 Å². The van der Waals surface area contributed by atoms with E-state index in [-0.39, 0.29) is 6.61 Å². The molecule has 1 atom stereocenters. The maximum atomic E-state index is 11.9.